The molecule has 1 unspecified atom stereocenters. The monoisotopic (exact) mass is 258 g/mol. The molecule has 0 aliphatic carbocycles. The van der Waals surface area contributed by atoms with Crippen LogP contribution >= 0.6 is 0 Å². The zero-order valence-electron chi connectivity index (χ0n) is 9.67. The highest BCUT2D eigenvalue weighted by molar-refractivity contribution is 7.89. The Balaban J connectivity index is 2.29. The predicted octanol–water partition coefficient (Wildman–Crippen LogP) is 0.302. The van der Waals surface area contributed by atoms with E-state index < -0.39 is 10.0 Å². The van der Waals surface area contributed by atoms with Crippen LogP contribution in [0.5, 0.6) is 0 Å². The molecule has 0 aromatic carbocycles. The lowest BCUT2D eigenvalue weighted by Gasteiger charge is -2.27. The van der Waals surface area contributed by atoms with Crippen molar-refractivity contribution in [2.45, 2.75) is 36.8 Å². The zero-order valence-corrected chi connectivity index (χ0v) is 10.5. The highest BCUT2D eigenvalue weighted by atomic mass is 32.2. The lowest BCUT2D eigenvalue weighted by atomic mass is 10.1. The van der Waals surface area contributed by atoms with Crippen LogP contribution in [-0.4, -0.2) is 42.1 Å². The van der Waals surface area contributed by atoms with Crippen LogP contribution < -0.4 is 5.73 Å². The second-order valence-corrected chi connectivity index (χ2v) is 6.13. The summed E-state index contributed by atoms with van der Waals surface area (Å²) in [5.74, 6) is 0. The maximum Gasteiger partial charge on any atom is 0.260 e. The summed E-state index contributed by atoms with van der Waals surface area (Å²) in [4.78, 5) is 0. The summed E-state index contributed by atoms with van der Waals surface area (Å²) in [6.45, 7) is 0.913. The molecular weight excluding hydrogens is 240 g/mol. The van der Waals surface area contributed by atoms with E-state index in [9.17, 15) is 8.42 Å². The number of sulfonamides is 1. The number of aromatic nitrogens is 2. The van der Waals surface area contributed by atoms with Gasteiger partial charge in [-0.3, -0.25) is 5.10 Å². The molecule has 2 heterocycles. The molecule has 0 radical (unpaired) electrons. The normalized spacial score (nSPS) is 23.5. The number of aromatic amines is 1. The number of H-pyrrole nitrogens is 1. The molecule has 0 spiro atoms. The minimum absolute atomic E-state index is 0.0919. The van der Waals surface area contributed by atoms with Gasteiger partial charge in [-0.1, -0.05) is 12.8 Å². The van der Waals surface area contributed by atoms with Gasteiger partial charge in [-0.05, 0) is 18.9 Å². The molecular formula is C10H18N4O2S. The van der Waals surface area contributed by atoms with Crippen molar-refractivity contribution < 1.29 is 8.42 Å². The third-order valence-electron chi connectivity index (χ3n) is 3.16. The SMILES string of the molecule is NCC1CCCCCN1S(=O)(=O)c1ccn[nH]1. The first-order chi connectivity index (χ1) is 8.16. The van der Waals surface area contributed by atoms with Crippen LogP contribution in [-0.2, 0) is 10.0 Å². The van der Waals surface area contributed by atoms with Crippen molar-refractivity contribution in [2.75, 3.05) is 13.1 Å². The van der Waals surface area contributed by atoms with Gasteiger partial charge in [-0.25, -0.2) is 8.42 Å². The molecule has 0 amide bonds. The van der Waals surface area contributed by atoms with E-state index in [0.717, 1.165) is 25.7 Å². The van der Waals surface area contributed by atoms with Gasteiger partial charge in [-0.2, -0.15) is 9.40 Å². The third-order valence-corrected chi connectivity index (χ3v) is 5.04. The highest BCUT2D eigenvalue weighted by Gasteiger charge is 2.32. The maximum atomic E-state index is 12.4. The first-order valence-corrected chi connectivity index (χ1v) is 7.31. The number of hydrogen-bond donors (Lipinski definition) is 2. The molecule has 0 saturated carbocycles. The van der Waals surface area contributed by atoms with E-state index >= 15 is 0 Å². The summed E-state index contributed by atoms with van der Waals surface area (Å²) >= 11 is 0. The lowest BCUT2D eigenvalue weighted by molar-refractivity contribution is 0.327. The summed E-state index contributed by atoms with van der Waals surface area (Å²) in [5.41, 5.74) is 5.68. The van der Waals surface area contributed by atoms with Crippen LogP contribution in [0.2, 0.25) is 0 Å². The van der Waals surface area contributed by atoms with Gasteiger partial charge < -0.3 is 5.73 Å². The molecule has 1 atom stereocenters. The molecule has 2 rings (SSSR count). The average Bonchev–Trinajstić information content (AvgIpc) is 2.74. The third kappa shape index (κ3) is 2.51. The van der Waals surface area contributed by atoms with Gasteiger partial charge in [0, 0.05) is 19.1 Å². The molecule has 1 fully saturated rings. The quantitative estimate of drug-likeness (QED) is 0.815. The van der Waals surface area contributed by atoms with Crippen LogP contribution in [0.4, 0.5) is 0 Å². The van der Waals surface area contributed by atoms with Gasteiger partial charge in [0.1, 0.15) is 0 Å². The summed E-state index contributed by atoms with van der Waals surface area (Å²) < 4.78 is 26.3. The van der Waals surface area contributed by atoms with Gasteiger partial charge in [-0.15, -0.1) is 0 Å². The minimum Gasteiger partial charge on any atom is -0.329 e. The second-order valence-electron chi connectivity index (χ2n) is 4.28. The largest absolute Gasteiger partial charge is 0.329 e. The van der Waals surface area contributed by atoms with Gasteiger partial charge in [0.2, 0.25) is 0 Å². The van der Waals surface area contributed by atoms with Gasteiger partial charge in [0.25, 0.3) is 10.0 Å². The fourth-order valence-electron chi connectivity index (χ4n) is 2.22. The first kappa shape index (κ1) is 12.5. The van der Waals surface area contributed by atoms with Crippen LogP contribution in [0.25, 0.3) is 0 Å². The van der Waals surface area contributed by atoms with Crippen molar-refractivity contribution in [3.05, 3.63) is 12.3 Å². The molecule has 1 aliphatic rings. The van der Waals surface area contributed by atoms with Crippen LogP contribution in [0, 0.1) is 0 Å². The Hall–Kier alpha value is -0.920. The van der Waals surface area contributed by atoms with Crippen LogP contribution in [0.15, 0.2) is 17.3 Å². The molecule has 6 nitrogen and oxygen atoms in total. The Morgan fingerprint density at radius 1 is 1.47 bits per heavy atom. The minimum atomic E-state index is -3.47. The van der Waals surface area contributed by atoms with E-state index in [4.69, 9.17) is 5.73 Å². The Labute approximate surface area is 101 Å². The van der Waals surface area contributed by atoms with Crippen molar-refractivity contribution in [3.63, 3.8) is 0 Å². The van der Waals surface area contributed by atoms with Crippen molar-refractivity contribution in [1.29, 1.82) is 0 Å². The van der Waals surface area contributed by atoms with Crippen LogP contribution in [0.3, 0.4) is 0 Å². The van der Waals surface area contributed by atoms with Crippen molar-refractivity contribution in [3.8, 4) is 0 Å². The number of nitrogens with one attached hydrogen (secondary N) is 1. The van der Waals surface area contributed by atoms with E-state index in [2.05, 4.69) is 10.2 Å². The standard InChI is InChI=1S/C10H18N4O2S/c11-8-9-4-2-1-3-7-14(9)17(15,16)10-5-6-12-13-10/h5-6,9H,1-4,7-8,11H2,(H,12,13). The number of nitrogens with two attached hydrogens (primary N) is 1. The summed E-state index contributed by atoms with van der Waals surface area (Å²) in [6.07, 6.45) is 5.28. The smallest absolute Gasteiger partial charge is 0.260 e. The Kier molecular flexibility index (Phi) is 3.80. The van der Waals surface area contributed by atoms with Crippen molar-refractivity contribution in [1.82, 2.24) is 14.5 Å². The molecule has 1 saturated heterocycles. The summed E-state index contributed by atoms with van der Waals surface area (Å²) in [7, 11) is -3.47. The molecule has 0 bridgehead atoms. The molecule has 3 N–H and O–H groups in total. The van der Waals surface area contributed by atoms with E-state index in [1.807, 2.05) is 0 Å². The second kappa shape index (κ2) is 5.16. The van der Waals surface area contributed by atoms with Crippen LogP contribution in [0.1, 0.15) is 25.7 Å². The fourth-order valence-corrected chi connectivity index (χ4v) is 3.82. The zero-order chi connectivity index (χ0) is 12.3. The molecule has 7 heteroatoms. The molecule has 1 aliphatic heterocycles. The summed E-state index contributed by atoms with van der Waals surface area (Å²) in [5, 5.41) is 6.37. The highest BCUT2D eigenvalue weighted by Crippen LogP contribution is 2.22. The van der Waals surface area contributed by atoms with E-state index in [0.29, 0.717) is 13.1 Å². The number of rotatable bonds is 3. The van der Waals surface area contributed by atoms with Crippen molar-refractivity contribution in [2.24, 2.45) is 5.73 Å². The maximum absolute atomic E-state index is 12.4. The number of hydrogen-bond acceptors (Lipinski definition) is 4. The Morgan fingerprint density at radius 2 is 2.29 bits per heavy atom. The Morgan fingerprint density at radius 3 is 2.94 bits per heavy atom. The first-order valence-electron chi connectivity index (χ1n) is 5.87. The molecule has 96 valence electrons. The van der Waals surface area contributed by atoms with Gasteiger partial charge >= 0.3 is 0 Å². The number of nitrogens with zero attached hydrogens (tertiary/aromatic N) is 2. The van der Waals surface area contributed by atoms with E-state index in [-0.39, 0.29) is 11.1 Å². The Bertz CT molecular complexity index is 443. The average molecular weight is 258 g/mol. The predicted molar refractivity (Wildman–Crippen MR) is 63.8 cm³/mol. The molecule has 1 aromatic rings. The molecule has 1 aromatic heterocycles. The van der Waals surface area contributed by atoms with E-state index in [1.54, 1.807) is 0 Å². The summed E-state index contributed by atoms with van der Waals surface area (Å²) in [6, 6.07) is 1.39. The van der Waals surface area contributed by atoms with Gasteiger partial charge in [0.15, 0.2) is 5.03 Å². The lowest BCUT2D eigenvalue weighted by Crippen LogP contribution is -2.44. The fraction of sp³-hybridized carbons (Fsp3) is 0.700. The van der Waals surface area contributed by atoms with E-state index in [1.165, 1.54) is 16.6 Å². The topological polar surface area (TPSA) is 92.1 Å². The van der Waals surface area contributed by atoms with Gasteiger partial charge in [0.05, 0.1) is 6.20 Å². The van der Waals surface area contributed by atoms with Crippen molar-refractivity contribution >= 4 is 10.0 Å². The molecule has 17 heavy (non-hydrogen) atoms.